The van der Waals surface area contributed by atoms with Crippen LogP contribution in [0.25, 0.3) is 0 Å². The van der Waals surface area contributed by atoms with E-state index < -0.39 is 10.0 Å². The number of para-hydroxylation sites is 1. The summed E-state index contributed by atoms with van der Waals surface area (Å²) in [4.78, 5) is 26.4. The Balaban J connectivity index is 1.85. The van der Waals surface area contributed by atoms with Crippen LogP contribution < -0.4 is 10.0 Å². The number of hydrogen-bond acceptors (Lipinski definition) is 5. The maximum Gasteiger partial charge on any atom is 0.261 e. The van der Waals surface area contributed by atoms with Crippen molar-refractivity contribution in [1.29, 1.82) is 0 Å². The van der Waals surface area contributed by atoms with Crippen molar-refractivity contribution in [2.45, 2.75) is 31.0 Å². The van der Waals surface area contributed by atoms with E-state index in [1.807, 2.05) is 13.8 Å². The van der Waals surface area contributed by atoms with Crippen molar-refractivity contribution in [2.24, 2.45) is 0 Å². The van der Waals surface area contributed by atoms with Crippen LogP contribution in [-0.4, -0.2) is 57.5 Å². The lowest BCUT2D eigenvalue weighted by Gasteiger charge is -2.35. The predicted molar refractivity (Wildman–Crippen MR) is 113 cm³/mol. The largest absolute Gasteiger partial charge is 0.372 e. The molecular formula is C21H25N3O5S. The zero-order valence-electron chi connectivity index (χ0n) is 17.1. The molecule has 9 heteroatoms. The van der Waals surface area contributed by atoms with Crippen LogP contribution in [0.1, 0.15) is 34.6 Å². The van der Waals surface area contributed by atoms with Gasteiger partial charge in [-0.1, -0.05) is 12.1 Å². The summed E-state index contributed by atoms with van der Waals surface area (Å²) in [5.41, 5.74) is 0.816. The zero-order valence-corrected chi connectivity index (χ0v) is 17.9. The van der Waals surface area contributed by atoms with Gasteiger partial charge < -0.3 is 15.0 Å². The van der Waals surface area contributed by atoms with Crippen LogP contribution in [-0.2, 0) is 14.8 Å². The van der Waals surface area contributed by atoms with E-state index in [1.165, 1.54) is 31.3 Å². The highest BCUT2D eigenvalue weighted by Gasteiger charge is 2.28. The number of benzene rings is 2. The summed E-state index contributed by atoms with van der Waals surface area (Å²) in [5, 5.41) is 2.48. The molecule has 2 amide bonds. The molecule has 3 rings (SSSR count). The van der Waals surface area contributed by atoms with Crippen LogP contribution in [0.3, 0.4) is 0 Å². The second kappa shape index (κ2) is 8.85. The molecule has 0 bridgehead atoms. The molecule has 1 saturated heterocycles. The van der Waals surface area contributed by atoms with Crippen molar-refractivity contribution in [3.05, 3.63) is 59.7 Å². The number of rotatable bonds is 5. The first-order valence-corrected chi connectivity index (χ1v) is 11.1. The van der Waals surface area contributed by atoms with Crippen LogP contribution in [0.4, 0.5) is 5.69 Å². The number of anilines is 1. The molecule has 1 heterocycles. The number of morpholine rings is 1. The molecule has 30 heavy (non-hydrogen) atoms. The molecule has 0 saturated carbocycles. The lowest BCUT2D eigenvalue weighted by atomic mass is 10.1. The van der Waals surface area contributed by atoms with E-state index in [9.17, 15) is 18.0 Å². The molecule has 2 unspecified atom stereocenters. The third-order valence-corrected chi connectivity index (χ3v) is 6.14. The number of carbonyl (C=O) groups excluding carboxylic acids is 2. The number of carbonyl (C=O) groups is 2. The van der Waals surface area contributed by atoms with E-state index in [0.29, 0.717) is 18.7 Å². The summed E-state index contributed by atoms with van der Waals surface area (Å²) in [6, 6.07) is 12.1. The Morgan fingerprint density at radius 1 is 1.00 bits per heavy atom. The maximum absolute atomic E-state index is 13.1. The Bertz CT molecular complexity index is 1030. The Kier molecular flexibility index (Phi) is 6.42. The van der Waals surface area contributed by atoms with Crippen LogP contribution in [0.15, 0.2) is 53.4 Å². The van der Waals surface area contributed by atoms with E-state index in [4.69, 9.17) is 4.74 Å². The molecule has 1 aliphatic heterocycles. The van der Waals surface area contributed by atoms with Gasteiger partial charge in [-0.25, -0.2) is 8.42 Å². The minimum atomic E-state index is -3.95. The van der Waals surface area contributed by atoms with Crippen LogP contribution >= 0.6 is 0 Å². The number of ether oxygens (including phenoxy) is 1. The smallest absolute Gasteiger partial charge is 0.261 e. The number of nitrogens with one attached hydrogen (secondary N) is 2. The van der Waals surface area contributed by atoms with E-state index in [2.05, 4.69) is 10.0 Å². The highest BCUT2D eigenvalue weighted by Crippen LogP contribution is 2.23. The first kappa shape index (κ1) is 21.8. The number of sulfonamides is 1. The number of nitrogens with zero attached hydrogens (tertiary/aromatic N) is 1. The summed E-state index contributed by atoms with van der Waals surface area (Å²) >= 11 is 0. The van der Waals surface area contributed by atoms with Gasteiger partial charge in [-0.2, -0.15) is 0 Å². The second-order valence-corrected chi connectivity index (χ2v) is 8.90. The van der Waals surface area contributed by atoms with E-state index in [0.717, 1.165) is 0 Å². The fourth-order valence-electron chi connectivity index (χ4n) is 3.41. The summed E-state index contributed by atoms with van der Waals surface area (Å²) in [6.45, 7) is 4.66. The molecule has 2 atom stereocenters. The molecule has 2 aromatic carbocycles. The van der Waals surface area contributed by atoms with E-state index in [-0.39, 0.29) is 40.2 Å². The standard InChI is InChI=1S/C21H25N3O5S/c1-14-12-24(13-15(2)29-14)21(26)18-6-4-5-7-19(18)23-30(27,28)17-10-8-16(9-11-17)20(25)22-3/h4-11,14-15,23H,12-13H2,1-3H3,(H,22,25). The van der Waals surface area contributed by atoms with Gasteiger partial charge in [-0.15, -0.1) is 0 Å². The SMILES string of the molecule is CNC(=O)c1ccc(S(=O)(=O)Nc2ccccc2C(=O)N2CC(C)OC(C)C2)cc1. The summed E-state index contributed by atoms with van der Waals surface area (Å²) in [5.74, 6) is -0.568. The van der Waals surface area contributed by atoms with Crippen molar-refractivity contribution in [3.63, 3.8) is 0 Å². The fraction of sp³-hybridized carbons (Fsp3) is 0.333. The third-order valence-electron chi connectivity index (χ3n) is 4.76. The lowest BCUT2D eigenvalue weighted by Crippen LogP contribution is -2.48. The van der Waals surface area contributed by atoms with Gasteiger partial charge in [-0.05, 0) is 50.2 Å². The van der Waals surface area contributed by atoms with Gasteiger partial charge in [0.2, 0.25) is 0 Å². The average molecular weight is 432 g/mol. The van der Waals surface area contributed by atoms with Crippen molar-refractivity contribution in [1.82, 2.24) is 10.2 Å². The first-order chi connectivity index (χ1) is 14.2. The Morgan fingerprint density at radius 2 is 1.60 bits per heavy atom. The zero-order chi connectivity index (χ0) is 21.9. The minimum Gasteiger partial charge on any atom is -0.372 e. The molecule has 1 fully saturated rings. The van der Waals surface area contributed by atoms with Gasteiger partial charge in [0.05, 0.1) is 28.4 Å². The van der Waals surface area contributed by atoms with Gasteiger partial charge in [0.25, 0.3) is 21.8 Å². The number of hydrogen-bond donors (Lipinski definition) is 2. The average Bonchev–Trinajstić information content (AvgIpc) is 2.72. The van der Waals surface area contributed by atoms with Crippen molar-refractivity contribution in [2.75, 3.05) is 24.9 Å². The molecule has 0 radical (unpaired) electrons. The summed E-state index contributed by atoms with van der Waals surface area (Å²) < 4.78 is 33.9. The van der Waals surface area contributed by atoms with Crippen LogP contribution in [0.2, 0.25) is 0 Å². The van der Waals surface area contributed by atoms with Crippen LogP contribution in [0.5, 0.6) is 0 Å². The lowest BCUT2D eigenvalue weighted by molar-refractivity contribution is -0.0585. The number of amides is 2. The molecule has 2 aromatic rings. The van der Waals surface area contributed by atoms with Crippen molar-refractivity contribution in [3.8, 4) is 0 Å². The van der Waals surface area contributed by atoms with Gasteiger partial charge in [0.15, 0.2) is 0 Å². The van der Waals surface area contributed by atoms with E-state index >= 15 is 0 Å². The quantitative estimate of drug-likeness (QED) is 0.754. The normalized spacial score (nSPS) is 19.2. The third kappa shape index (κ3) is 4.80. The van der Waals surface area contributed by atoms with E-state index in [1.54, 1.807) is 29.2 Å². The molecular weight excluding hydrogens is 406 g/mol. The van der Waals surface area contributed by atoms with Gasteiger partial charge in [0.1, 0.15) is 0 Å². The molecule has 160 valence electrons. The van der Waals surface area contributed by atoms with Gasteiger partial charge in [0, 0.05) is 25.7 Å². The topological polar surface area (TPSA) is 105 Å². The molecule has 0 spiro atoms. The summed E-state index contributed by atoms with van der Waals surface area (Å²) in [6.07, 6.45) is -0.194. The molecule has 0 aromatic heterocycles. The Morgan fingerprint density at radius 3 is 2.20 bits per heavy atom. The fourth-order valence-corrected chi connectivity index (χ4v) is 4.49. The monoisotopic (exact) mass is 431 g/mol. The highest BCUT2D eigenvalue weighted by atomic mass is 32.2. The van der Waals surface area contributed by atoms with Crippen molar-refractivity contribution < 1.29 is 22.7 Å². The Labute approximate surface area is 176 Å². The van der Waals surface area contributed by atoms with Crippen molar-refractivity contribution >= 4 is 27.5 Å². The first-order valence-electron chi connectivity index (χ1n) is 9.60. The molecule has 2 N–H and O–H groups in total. The molecule has 1 aliphatic rings. The minimum absolute atomic E-state index is 0.00831. The van der Waals surface area contributed by atoms with Gasteiger partial charge in [-0.3, -0.25) is 14.3 Å². The molecule has 0 aliphatic carbocycles. The van der Waals surface area contributed by atoms with Crippen LogP contribution in [0, 0.1) is 0 Å². The van der Waals surface area contributed by atoms with Gasteiger partial charge >= 0.3 is 0 Å². The highest BCUT2D eigenvalue weighted by molar-refractivity contribution is 7.92. The predicted octanol–water partition coefficient (Wildman–Crippen LogP) is 2.10. The second-order valence-electron chi connectivity index (χ2n) is 7.22. The molecule has 8 nitrogen and oxygen atoms in total. The Hall–Kier alpha value is -2.91. The summed E-state index contributed by atoms with van der Waals surface area (Å²) in [7, 11) is -2.45. The maximum atomic E-state index is 13.1.